The van der Waals surface area contributed by atoms with Gasteiger partial charge in [0.25, 0.3) is 5.91 Å². The molecule has 0 fully saturated rings. The van der Waals surface area contributed by atoms with E-state index in [1.165, 1.54) is 29.5 Å². The third-order valence-corrected chi connectivity index (χ3v) is 4.01. The number of nitrogens with zero attached hydrogens (tertiary/aromatic N) is 6. The molecule has 1 amide bonds. The first-order valence-electron chi connectivity index (χ1n) is 6.76. The number of carbonyl (C=O) groups is 1. The van der Waals surface area contributed by atoms with Crippen LogP contribution in [0.5, 0.6) is 5.75 Å². The number of hydrogen-bond donors (Lipinski definition) is 1. The Bertz CT molecular complexity index is 816. The second-order valence-corrected chi connectivity index (χ2v) is 5.51. The number of tetrazole rings is 1. The quantitative estimate of drug-likeness (QED) is 0.751. The van der Waals surface area contributed by atoms with E-state index in [1.54, 1.807) is 18.2 Å². The minimum Gasteiger partial charge on any atom is -0.494 e. The molecule has 1 N–H and O–H groups in total. The lowest BCUT2D eigenvalue weighted by atomic mass is 10.1. The molecule has 3 aromatic rings. The van der Waals surface area contributed by atoms with Gasteiger partial charge in [0.2, 0.25) is 5.13 Å². The summed E-state index contributed by atoms with van der Waals surface area (Å²) in [6, 6.07) is 4.99. The molecule has 0 saturated carbocycles. The summed E-state index contributed by atoms with van der Waals surface area (Å²) in [7, 11) is 1.52. The van der Waals surface area contributed by atoms with E-state index in [0.717, 1.165) is 11.4 Å². The topological polar surface area (TPSA) is 108 Å². The number of aromatic nitrogens is 6. The maximum absolute atomic E-state index is 12.3. The normalized spacial score (nSPS) is 10.5. The molecule has 0 aliphatic rings. The van der Waals surface area contributed by atoms with Crippen molar-refractivity contribution >= 4 is 22.4 Å². The van der Waals surface area contributed by atoms with Crippen LogP contribution in [0.25, 0.3) is 5.69 Å². The van der Waals surface area contributed by atoms with Gasteiger partial charge in [-0.1, -0.05) is 18.3 Å². The van der Waals surface area contributed by atoms with Gasteiger partial charge >= 0.3 is 0 Å². The molecule has 0 unspecified atom stereocenters. The van der Waals surface area contributed by atoms with Gasteiger partial charge in [-0.25, -0.2) is 0 Å². The smallest absolute Gasteiger partial charge is 0.257 e. The second kappa shape index (κ2) is 6.48. The molecule has 0 atom stereocenters. The average Bonchev–Trinajstić information content (AvgIpc) is 3.25. The standard InChI is InChI=1S/C13H13N7O2S/c1-3-11-16-17-13(23-11)15-12(21)8-4-5-9(10(6-8)22-2)20-7-14-18-19-20/h4-7H,3H2,1-2H3,(H,15,17,21). The summed E-state index contributed by atoms with van der Waals surface area (Å²) >= 11 is 1.35. The van der Waals surface area contributed by atoms with Crippen molar-refractivity contribution in [2.75, 3.05) is 12.4 Å². The number of methoxy groups -OCH3 is 1. The van der Waals surface area contributed by atoms with Crippen molar-refractivity contribution in [2.24, 2.45) is 0 Å². The number of anilines is 1. The fourth-order valence-corrected chi connectivity index (χ4v) is 2.57. The molecule has 0 radical (unpaired) electrons. The summed E-state index contributed by atoms with van der Waals surface area (Å²) in [5.41, 5.74) is 1.07. The van der Waals surface area contributed by atoms with Gasteiger partial charge in [0.15, 0.2) is 0 Å². The van der Waals surface area contributed by atoms with Crippen LogP contribution in [0.2, 0.25) is 0 Å². The molecule has 0 spiro atoms. The van der Waals surface area contributed by atoms with Crippen LogP contribution >= 0.6 is 11.3 Å². The first kappa shape index (κ1) is 15.0. The van der Waals surface area contributed by atoms with Crippen LogP contribution in [0.4, 0.5) is 5.13 Å². The number of rotatable bonds is 5. The predicted octanol–water partition coefficient (Wildman–Crippen LogP) is 1.34. The Morgan fingerprint density at radius 3 is 2.91 bits per heavy atom. The van der Waals surface area contributed by atoms with Gasteiger partial charge in [-0.2, -0.15) is 4.68 Å². The van der Waals surface area contributed by atoms with E-state index in [2.05, 4.69) is 31.0 Å². The average molecular weight is 331 g/mol. The summed E-state index contributed by atoms with van der Waals surface area (Å²) in [4.78, 5) is 12.3. The molecule has 23 heavy (non-hydrogen) atoms. The molecular weight excluding hydrogens is 318 g/mol. The van der Waals surface area contributed by atoms with Crippen molar-refractivity contribution in [1.29, 1.82) is 0 Å². The van der Waals surface area contributed by atoms with E-state index in [4.69, 9.17) is 4.74 Å². The van der Waals surface area contributed by atoms with E-state index in [1.807, 2.05) is 6.92 Å². The van der Waals surface area contributed by atoms with E-state index >= 15 is 0 Å². The SMILES string of the molecule is CCc1nnc(NC(=O)c2ccc(-n3cnnn3)c(OC)c2)s1. The first-order valence-corrected chi connectivity index (χ1v) is 7.58. The molecule has 9 nitrogen and oxygen atoms in total. The lowest BCUT2D eigenvalue weighted by Gasteiger charge is -2.09. The Morgan fingerprint density at radius 1 is 1.39 bits per heavy atom. The number of benzene rings is 1. The van der Waals surface area contributed by atoms with Crippen molar-refractivity contribution in [3.8, 4) is 11.4 Å². The highest BCUT2D eigenvalue weighted by Crippen LogP contribution is 2.24. The van der Waals surface area contributed by atoms with Crippen LogP contribution in [0.15, 0.2) is 24.5 Å². The zero-order valence-electron chi connectivity index (χ0n) is 12.4. The number of carbonyl (C=O) groups excluding carboxylic acids is 1. The molecule has 0 aliphatic heterocycles. The summed E-state index contributed by atoms with van der Waals surface area (Å²) in [6.45, 7) is 1.98. The van der Waals surface area contributed by atoms with Gasteiger partial charge < -0.3 is 4.74 Å². The lowest BCUT2D eigenvalue weighted by molar-refractivity contribution is 0.102. The molecule has 2 aromatic heterocycles. The minimum atomic E-state index is -0.287. The molecule has 2 heterocycles. The van der Waals surface area contributed by atoms with Gasteiger partial charge in [0, 0.05) is 5.56 Å². The number of aryl methyl sites for hydroxylation is 1. The Hall–Kier alpha value is -2.88. The fraction of sp³-hybridized carbons (Fsp3) is 0.231. The first-order chi connectivity index (χ1) is 11.2. The van der Waals surface area contributed by atoms with Crippen molar-refractivity contribution in [3.05, 3.63) is 35.1 Å². The number of hydrogen-bond acceptors (Lipinski definition) is 8. The summed E-state index contributed by atoms with van der Waals surface area (Å²) in [6.07, 6.45) is 2.23. The Morgan fingerprint density at radius 2 is 2.26 bits per heavy atom. The summed E-state index contributed by atoms with van der Waals surface area (Å²) in [5.74, 6) is 0.196. The number of nitrogens with one attached hydrogen (secondary N) is 1. The van der Waals surface area contributed by atoms with E-state index in [9.17, 15) is 4.79 Å². The van der Waals surface area contributed by atoms with Crippen molar-refractivity contribution < 1.29 is 9.53 Å². The van der Waals surface area contributed by atoms with Crippen molar-refractivity contribution in [2.45, 2.75) is 13.3 Å². The maximum Gasteiger partial charge on any atom is 0.257 e. The van der Waals surface area contributed by atoms with Gasteiger partial charge in [0.1, 0.15) is 22.8 Å². The summed E-state index contributed by atoms with van der Waals surface area (Å²) in [5, 5.41) is 22.9. The van der Waals surface area contributed by atoms with Gasteiger partial charge in [-0.15, -0.1) is 15.3 Å². The van der Waals surface area contributed by atoms with Gasteiger partial charge in [0.05, 0.1) is 7.11 Å². The van der Waals surface area contributed by atoms with Crippen LogP contribution in [-0.4, -0.2) is 43.4 Å². The molecule has 0 saturated heterocycles. The highest BCUT2D eigenvalue weighted by Gasteiger charge is 2.14. The molecular formula is C13H13N7O2S. The van der Waals surface area contributed by atoms with Gasteiger partial charge in [-0.3, -0.25) is 10.1 Å². The zero-order valence-corrected chi connectivity index (χ0v) is 13.2. The van der Waals surface area contributed by atoms with Crippen LogP contribution in [0, 0.1) is 0 Å². The molecule has 0 bridgehead atoms. The van der Waals surface area contributed by atoms with Crippen molar-refractivity contribution in [3.63, 3.8) is 0 Å². The molecule has 1 aromatic carbocycles. The monoisotopic (exact) mass is 331 g/mol. The zero-order chi connectivity index (χ0) is 16.2. The van der Waals surface area contributed by atoms with E-state index in [0.29, 0.717) is 22.1 Å². The third kappa shape index (κ3) is 3.16. The predicted molar refractivity (Wildman–Crippen MR) is 82.9 cm³/mol. The molecule has 0 aliphatic carbocycles. The van der Waals surface area contributed by atoms with Crippen LogP contribution < -0.4 is 10.1 Å². The van der Waals surface area contributed by atoms with Gasteiger partial charge in [-0.05, 0) is 35.0 Å². The Kier molecular flexibility index (Phi) is 4.24. The molecule has 10 heteroatoms. The van der Waals surface area contributed by atoms with Crippen LogP contribution in [-0.2, 0) is 6.42 Å². The second-order valence-electron chi connectivity index (χ2n) is 4.45. The van der Waals surface area contributed by atoms with Crippen molar-refractivity contribution in [1.82, 2.24) is 30.4 Å². The Labute approximate surface area is 135 Å². The highest BCUT2D eigenvalue weighted by atomic mass is 32.1. The Balaban J connectivity index is 1.83. The number of ether oxygens (including phenoxy) is 1. The minimum absolute atomic E-state index is 0.287. The largest absolute Gasteiger partial charge is 0.494 e. The molecule has 3 rings (SSSR count). The lowest BCUT2D eigenvalue weighted by Crippen LogP contribution is -2.12. The maximum atomic E-state index is 12.3. The van der Waals surface area contributed by atoms with E-state index < -0.39 is 0 Å². The molecule has 118 valence electrons. The highest BCUT2D eigenvalue weighted by molar-refractivity contribution is 7.15. The summed E-state index contributed by atoms with van der Waals surface area (Å²) < 4.78 is 6.77. The van der Waals surface area contributed by atoms with Crippen LogP contribution in [0.1, 0.15) is 22.3 Å². The van der Waals surface area contributed by atoms with E-state index in [-0.39, 0.29) is 5.91 Å². The fourth-order valence-electron chi connectivity index (χ4n) is 1.90. The number of amides is 1. The third-order valence-electron chi connectivity index (χ3n) is 3.03. The van der Waals surface area contributed by atoms with Crippen LogP contribution in [0.3, 0.4) is 0 Å².